The van der Waals surface area contributed by atoms with E-state index in [-0.39, 0.29) is 5.63 Å². The molecular formula is C23H16N2O2S. The lowest BCUT2D eigenvalue weighted by Crippen LogP contribution is -1.98. The molecule has 4 nitrogen and oxygen atoms in total. The van der Waals surface area contributed by atoms with E-state index in [9.17, 15) is 4.79 Å². The second-order valence-corrected chi connectivity index (χ2v) is 7.62. The maximum absolute atomic E-state index is 12.2. The van der Waals surface area contributed by atoms with Gasteiger partial charge in [-0.1, -0.05) is 54.2 Å². The standard InChI is InChI=1S/C23H16N2O2S/c1-15-10-11-17-18(13-15)27-21(26)14-19(17)28-23-22(16-7-3-2-4-8-16)24-20-9-5-6-12-25(20)23/h2-14H,1H3. The molecule has 0 saturated heterocycles. The fourth-order valence-corrected chi connectivity index (χ4v) is 4.44. The molecule has 5 heteroatoms. The molecule has 0 radical (unpaired) electrons. The highest BCUT2D eigenvalue weighted by atomic mass is 32.2. The number of nitrogens with zero attached hydrogens (tertiary/aromatic N) is 2. The van der Waals surface area contributed by atoms with E-state index in [0.29, 0.717) is 5.58 Å². The highest BCUT2D eigenvalue weighted by molar-refractivity contribution is 7.99. The molecule has 0 bridgehead atoms. The highest BCUT2D eigenvalue weighted by Crippen LogP contribution is 2.38. The lowest BCUT2D eigenvalue weighted by atomic mass is 10.2. The van der Waals surface area contributed by atoms with Crippen molar-refractivity contribution >= 4 is 28.4 Å². The Balaban J connectivity index is 1.75. The van der Waals surface area contributed by atoms with Crippen molar-refractivity contribution in [3.63, 3.8) is 0 Å². The highest BCUT2D eigenvalue weighted by Gasteiger charge is 2.17. The zero-order valence-electron chi connectivity index (χ0n) is 15.1. The molecule has 3 heterocycles. The minimum absolute atomic E-state index is 0.351. The van der Waals surface area contributed by atoms with Crippen LogP contribution in [-0.2, 0) is 0 Å². The van der Waals surface area contributed by atoms with Crippen LogP contribution >= 0.6 is 11.8 Å². The van der Waals surface area contributed by atoms with Gasteiger partial charge in [0.25, 0.3) is 0 Å². The largest absolute Gasteiger partial charge is 0.423 e. The summed E-state index contributed by atoms with van der Waals surface area (Å²) >= 11 is 1.54. The molecule has 0 N–H and O–H groups in total. The van der Waals surface area contributed by atoms with Crippen molar-refractivity contribution in [2.24, 2.45) is 0 Å². The third kappa shape index (κ3) is 2.90. The molecule has 3 aromatic heterocycles. The molecule has 136 valence electrons. The summed E-state index contributed by atoms with van der Waals surface area (Å²) in [7, 11) is 0. The first-order chi connectivity index (χ1) is 13.7. The number of hydrogen-bond donors (Lipinski definition) is 0. The Bertz CT molecular complexity index is 1370. The van der Waals surface area contributed by atoms with Gasteiger partial charge in [0.15, 0.2) is 0 Å². The van der Waals surface area contributed by atoms with Crippen LogP contribution in [0.3, 0.4) is 0 Å². The van der Waals surface area contributed by atoms with Gasteiger partial charge in [0.2, 0.25) is 0 Å². The summed E-state index contributed by atoms with van der Waals surface area (Å²) in [6, 6.07) is 23.5. The van der Waals surface area contributed by atoms with Crippen LogP contribution in [0.25, 0.3) is 27.9 Å². The monoisotopic (exact) mass is 384 g/mol. The van der Waals surface area contributed by atoms with Crippen molar-refractivity contribution in [3.8, 4) is 11.3 Å². The van der Waals surface area contributed by atoms with Gasteiger partial charge >= 0.3 is 5.63 Å². The molecule has 2 aromatic carbocycles. The van der Waals surface area contributed by atoms with Crippen molar-refractivity contribution in [2.75, 3.05) is 0 Å². The van der Waals surface area contributed by atoms with Crippen LogP contribution in [0.1, 0.15) is 5.56 Å². The predicted molar refractivity (Wildman–Crippen MR) is 112 cm³/mol. The van der Waals surface area contributed by atoms with Gasteiger partial charge in [0.05, 0.1) is 0 Å². The fraction of sp³-hybridized carbons (Fsp3) is 0.0435. The molecule has 0 aliphatic carbocycles. The maximum atomic E-state index is 12.2. The average Bonchev–Trinajstić information content (AvgIpc) is 3.07. The first-order valence-electron chi connectivity index (χ1n) is 8.94. The molecule has 0 fully saturated rings. The Morgan fingerprint density at radius 2 is 1.79 bits per heavy atom. The topological polar surface area (TPSA) is 47.5 Å². The average molecular weight is 384 g/mol. The van der Waals surface area contributed by atoms with E-state index in [1.54, 1.807) is 6.07 Å². The zero-order valence-corrected chi connectivity index (χ0v) is 15.9. The summed E-state index contributed by atoms with van der Waals surface area (Å²) in [5, 5.41) is 1.88. The van der Waals surface area contributed by atoms with Crippen LogP contribution in [0.2, 0.25) is 0 Å². The van der Waals surface area contributed by atoms with Crippen molar-refractivity contribution in [1.82, 2.24) is 9.38 Å². The lowest BCUT2D eigenvalue weighted by Gasteiger charge is -2.08. The van der Waals surface area contributed by atoms with E-state index in [0.717, 1.165) is 37.8 Å². The van der Waals surface area contributed by atoms with E-state index >= 15 is 0 Å². The number of benzene rings is 2. The van der Waals surface area contributed by atoms with Crippen LogP contribution in [0.4, 0.5) is 0 Å². The van der Waals surface area contributed by atoms with Gasteiger partial charge in [0, 0.05) is 28.1 Å². The molecule has 0 aliphatic rings. The Morgan fingerprint density at radius 1 is 0.964 bits per heavy atom. The van der Waals surface area contributed by atoms with Crippen LogP contribution in [0.15, 0.2) is 98.1 Å². The molecule has 0 unspecified atom stereocenters. The molecule has 5 rings (SSSR count). The SMILES string of the molecule is Cc1ccc2c(Sc3c(-c4ccccc4)nc4ccccn34)cc(=O)oc2c1. The molecule has 0 atom stereocenters. The minimum atomic E-state index is -0.351. The second-order valence-electron chi connectivity index (χ2n) is 6.59. The molecule has 28 heavy (non-hydrogen) atoms. The van der Waals surface area contributed by atoms with E-state index < -0.39 is 0 Å². The van der Waals surface area contributed by atoms with E-state index in [2.05, 4.69) is 4.40 Å². The van der Waals surface area contributed by atoms with Crippen LogP contribution < -0.4 is 5.63 Å². The van der Waals surface area contributed by atoms with E-state index in [4.69, 9.17) is 9.40 Å². The minimum Gasteiger partial charge on any atom is -0.423 e. The van der Waals surface area contributed by atoms with E-state index in [1.165, 1.54) is 11.8 Å². The summed E-state index contributed by atoms with van der Waals surface area (Å²) < 4.78 is 7.47. The van der Waals surface area contributed by atoms with Crippen molar-refractivity contribution in [1.29, 1.82) is 0 Å². The molecule has 0 aliphatic heterocycles. The van der Waals surface area contributed by atoms with Gasteiger partial charge in [-0.2, -0.15) is 0 Å². The number of fused-ring (bicyclic) bond motifs is 2. The predicted octanol–water partition coefficient (Wildman–Crippen LogP) is 5.57. The van der Waals surface area contributed by atoms with Gasteiger partial charge in [-0.25, -0.2) is 9.78 Å². The Labute approximate surface area is 165 Å². The number of imidazole rings is 1. The summed E-state index contributed by atoms with van der Waals surface area (Å²) in [6.07, 6.45) is 1.99. The molecule has 5 aromatic rings. The third-order valence-electron chi connectivity index (χ3n) is 4.60. The quantitative estimate of drug-likeness (QED) is 0.382. The number of pyridine rings is 1. The first kappa shape index (κ1) is 16.8. The van der Waals surface area contributed by atoms with Crippen LogP contribution in [0, 0.1) is 6.92 Å². The zero-order chi connectivity index (χ0) is 19.1. The number of aromatic nitrogens is 2. The molecular weight excluding hydrogens is 368 g/mol. The van der Waals surface area contributed by atoms with Crippen molar-refractivity contribution < 1.29 is 4.42 Å². The summed E-state index contributed by atoms with van der Waals surface area (Å²) in [5.41, 5.74) is 4.10. The molecule has 0 spiro atoms. The Hall–Kier alpha value is -3.31. The van der Waals surface area contributed by atoms with Crippen LogP contribution in [-0.4, -0.2) is 9.38 Å². The van der Waals surface area contributed by atoms with Crippen LogP contribution in [0.5, 0.6) is 0 Å². The summed E-state index contributed by atoms with van der Waals surface area (Å²) in [4.78, 5) is 17.9. The number of hydrogen-bond acceptors (Lipinski definition) is 4. The van der Waals surface area contributed by atoms with E-state index in [1.807, 2.05) is 79.9 Å². The van der Waals surface area contributed by atoms with Crippen molar-refractivity contribution in [2.45, 2.75) is 16.8 Å². The Morgan fingerprint density at radius 3 is 2.64 bits per heavy atom. The summed E-state index contributed by atoms with van der Waals surface area (Å²) in [5.74, 6) is 0. The Kier molecular flexibility index (Phi) is 4.02. The van der Waals surface area contributed by atoms with Gasteiger partial charge < -0.3 is 4.42 Å². The smallest absolute Gasteiger partial charge is 0.337 e. The van der Waals surface area contributed by atoms with Gasteiger partial charge in [0.1, 0.15) is 22.0 Å². The number of rotatable bonds is 3. The fourth-order valence-electron chi connectivity index (χ4n) is 3.28. The van der Waals surface area contributed by atoms with Gasteiger partial charge in [-0.05, 0) is 36.8 Å². The first-order valence-corrected chi connectivity index (χ1v) is 9.75. The lowest BCUT2D eigenvalue weighted by molar-refractivity contribution is 0.557. The van der Waals surface area contributed by atoms with Crippen molar-refractivity contribution in [3.05, 3.63) is 95.0 Å². The number of aryl methyl sites for hydroxylation is 1. The maximum Gasteiger partial charge on any atom is 0.337 e. The molecule has 0 saturated carbocycles. The normalized spacial score (nSPS) is 11.3. The van der Waals surface area contributed by atoms with Gasteiger partial charge in [-0.3, -0.25) is 4.40 Å². The third-order valence-corrected chi connectivity index (χ3v) is 5.74. The van der Waals surface area contributed by atoms with Gasteiger partial charge in [-0.15, -0.1) is 0 Å². The summed E-state index contributed by atoms with van der Waals surface area (Å²) in [6.45, 7) is 1.98. The molecule has 0 amide bonds. The second kappa shape index (κ2) is 6.69.